The molecular formula is C15H22ClNO3. The molecule has 2 atom stereocenters. The van der Waals surface area contributed by atoms with Gasteiger partial charge in [-0.05, 0) is 43.5 Å². The minimum Gasteiger partial charge on any atom is -0.491 e. The fraction of sp³-hybridized carbons (Fsp3) is 0.600. The summed E-state index contributed by atoms with van der Waals surface area (Å²) in [6.45, 7) is 2.42. The molecule has 1 heterocycles. The summed E-state index contributed by atoms with van der Waals surface area (Å²) in [6, 6.07) is 7.11. The lowest BCUT2D eigenvalue weighted by Crippen LogP contribution is -2.37. The first-order valence-electron chi connectivity index (χ1n) is 7.13. The zero-order valence-electron chi connectivity index (χ0n) is 11.6. The maximum Gasteiger partial charge on any atom is 0.119 e. The molecule has 4 nitrogen and oxygen atoms in total. The van der Waals surface area contributed by atoms with E-state index in [1.165, 1.54) is 6.42 Å². The van der Waals surface area contributed by atoms with E-state index in [-0.39, 0.29) is 12.7 Å². The molecule has 2 rings (SSSR count). The molecule has 2 unspecified atom stereocenters. The predicted octanol–water partition coefficient (Wildman–Crippen LogP) is 2.24. The summed E-state index contributed by atoms with van der Waals surface area (Å²) in [6.07, 6.45) is 3.25. The minimum absolute atomic E-state index is 0.264. The molecule has 1 aliphatic rings. The van der Waals surface area contributed by atoms with Crippen molar-refractivity contribution in [3.63, 3.8) is 0 Å². The molecule has 0 aliphatic carbocycles. The summed E-state index contributed by atoms with van der Waals surface area (Å²) in [5.41, 5.74) is 0. The first-order chi connectivity index (χ1) is 9.74. The molecule has 0 spiro atoms. The highest BCUT2D eigenvalue weighted by atomic mass is 35.5. The van der Waals surface area contributed by atoms with Crippen LogP contribution in [0.4, 0.5) is 0 Å². The third-order valence-electron chi connectivity index (χ3n) is 3.28. The zero-order valence-corrected chi connectivity index (χ0v) is 12.3. The number of hydrogen-bond donors (Lipinski definition) is 2. The lowest BCUT2D eigenvalue weighted by atomic mass is 10.1. The van der Waals surface area contributed by atoms with Crippen molar-refractivity contribution in [2.75, 3.05) is 26.3 Å². The van der Waals surface area contributed by atoms with Crippen LogP contribution in [0.3, 0.4) is 0 Å². The van der Waals surface area contributed by atoms with Gasteiger partial charge in [-0.15, -0.1) is 0 Å². The lowest BCUT2D eigenvalue weighted by molar-refractivity contribution is 0.0141. The van der Waals surface area contributed by atoms with Crippen LogP contribution in [0.2, 0.25) is 5.02 Å². The van der Waals surface area contributed by atoms with Crippen molar-refractivity contribution in [2.45, 2.75) is 31.5 Å². The average Bonchev–Trinajstić information content (AvgIpc) is 2.48. The summed E-state index contributed by atoms with van der Waals surface area (Å²) in [5.74, 6) is 0.712. The van der Waals surface area contributed by atoms with E-state index in [0.29, 0.717) is 17.3 Å². The number of hydrogen-bond acceptors (Lipinski definition) is 4. The fourth-order valence-electron chi connectivity index (χ4n) is 2.16. The molecular weight excluding hydrogens is 278 g/mol. The lowest BCUT2D eigenvalue weighted by Gasteiger charge is -2.23. The quantitative estimate of drug-likeness (QED) is 0.811. The number of halogens is 1. The van der Waals surface area contributed by atoms with E-state index in [0.717, 1.165) is 26.0 Å². The van der Waals surface area contributed by atoms with Crippen LogP contribution in [0.1, 0.15) is 19.3 Å². The molecule has 2 N–H and O–H groups in total. The normalized spacial score (nSPS) is 20.6. The Morgan fingerprint density at radius 2 is 2.15 bits per heavy atom. The summed E-state index contributed by atoms with van der Waals surface area (Å²) >= 11 is 5.79. The number of aliphatic hydroxyl groups excluding tert-OH is 1. The van der Waals surface area contributed by atoms with E-state index in [1.54, 1.807) is 24.3 Å². The monoisotopic (exact) mass is 299 g/mol. The molecule has 1 aromatic carbocycles. The van der Waals surface area contributed by atoms with Crippen molar-refractivity contribution >= 4 is 11.6 Å². The highest BCUT2D eigenvalue weighted by molar-refractivity contribution is 6.30. The Morgan fingerprint density at radius 1 is 1.35 bits per heavy atom. The van der Waals surface area contributed by atoms with Gasteiger partial charge in [-0.3, -0.25) is 0 Å². The van der Waals surface area contributed by atoms with E-state index in [9.17, 15) is 5.11 Å². The largest absolute Gasteiger partial charge is 0.491 e. The Balaban J connectivity index is 1.57. The van der Waals surface area contributed by atoms with Gasteiger partial charge in [0, 0.05) is 24.7 Å². The van der Waals surface area contributed by atoms with Gasteiger partial charge >= 0.3 is 0 Å². The molecule has 20 heavy (non-hydrogen) atoms. The highest BCUT2D eigenvalue weighted by Crippen LogP contribution is 2.15. The van der Waals surface area contributed by atoms with Gasteiger partial charge in [0.05, 0.1) is 6.10 Å². The molecule has 0 amide bonds. The predicted molar refractivity (Wildman–Crippen MR) is 79.4 cm³/mol. The summed E-state index contributed by atoms with van der Waals surface area (Å²) < 4.78 is 11.1. The molecule has 1 aromatic rings. The van der Waals surface area contributed by atoms with Crippen molar-refractivity contribution in [2.24, 2.45) is 0 Å². The Morgan fingerprint density at radius 3 is 2.85 bits per heavy atom. The van der Waals surface area contributed by atoms with E-state index in [4.69, 9.17) is 21.1 Å². The first-order valence-corrected chi connectivity index (χ1v) is 7.50. The number of rotatable bonds is 7. The van der Waals surface area contributed by atoms with Crippen molar-refractivity contribution in [1.29, 1.82) is 0 Å². The van der Waals surface area contributed by atoms with Crippen LogP contribution < -0.4 is 10.1 Å². The van der Waals surface area contributed by atoms with Crippen LogP contribution in [-0.4, -0.2) is 43.6 Å². The van der Waals surface area contributed by atoms with Gasteiger partial charge in [0.15, 0.2) is 0 Å². The first kappa shape index (κ1) is 15.6. The molecule has 0 radical (unpaired) electrons. The number of benzene rings is 1. The molecule has 0 bridgehead atoms. The zero-order chi connectivity index (χ0) is 14.2. The van der Waals surface area contributed by atoms with Crippen molar-refractivity contribution < 1.29 is 14.6 Å². The van der Waals surface area contributed by atoms with Crippen LogP contribution >= 0.6 is 11.6 Å². The van der Waals surface area contributed by atoms with Gasteiger partial charge in [0.1, 0.15) is 18.5 Å². The number of nitrogens with one attached hydrogen (secondary N) is 1. The molecule has 112 valence electrons. The van der Waals surface area contributed by atoms with Crippen LogP contribution in [0, 0.1) is 0 Å². The average molecular weight is 300 g/mol. The van der Waals surface area contributed by atoms with E-state index < -0.39 is 6.10 Å². The van der Waals surface area contributed by atoms with Crippen LogP contribution in [0.25, 0.3) is 0 Å². The Kier molecular flexibility index (Phi) is 6.60. The third kappa shape index (κ3) is 5.67. The van der Waals surface area contributed by atoms with Crippen molar-refractivity contribution in [3.05, 3.63) is 29.3 Å². The second-order valence-corrected chi connectivity index (χ2v) is 5.50. The highest BCUT2D eigenvalue weighted by Gasteiger charge is 2.14. The van der Waals surface area contributed by atoms with Gasteiger partial charge in [-0.2, -0.15) is 0 Å². The van der Waals surface area contributed by atoms with Gasteiger partial charge in [-0.25, -0.2) is 0 Å². The topological polar surface area (TPSA) is 50.7 Å². The Hall–Kier alpha value is -0.810. The minimum atomic E-state index is -0.533. The maximum atomic E-state index is 9.84. The Labute approximate surface area is 125 Å². The standard InChI is InChI=1S/C15H22ClNO3/c16-12-4-6-14(7-5-12)20-11-13(18)9-17-10-15-3-1-2-8-19-15/h4-7,13,15,17-18H,1-3,8-11H2. The van der Waals surface area contributed by atoms with Crippen LogP contribution in [0.15, 0.2) is 24.3 Å². The molecule has 0 aromatic heterocycles. The van der Waals surface area contributed by atoms with Crippen molar-refractivity contribution in [1.82, 2.24) is 5.32 Å². The molecule has 1 aliphatic heterocycles. The van der Waals surface area contributed by atoms with E-state index in [2.05, 4.69) is 5.32 Å². The fourth-order valence-corrected chi connectivity index (χ4v) is 2.29. The molecule has 1 fully saturated rings. The van der Waals surface area contributed by atoms with Crippen LogP contribution in [-0.2, 0) is 4.74 Å². The van der Waals surface area contributed by atoms with Gasteiger partial charge in [0.2, 0.25) is 0 Å². The number of aliphatic hydroxyl groups is 1. The maximum absolute atomic E-state index is 9.84. The molecule has 5 heteroatoms. The second-order valence-electron chi connectivity index (χ2n) is 5.07. The number of ether oxygens (including phenoxy) is 2. The van der Waals surface area contributed by atoms with Gasteiger partial charge in [-0.1, -0.05) is 11.6 Å². The smallest absolute Gasteiger partial charge is 0.119 e. The third-order valence-corrected chi connectivity index (χ3v) is 3.53. The van der Waals surface area contributed by atoms with E-state index in [1.807, 2.05) is 0 Å². The summed E-state index contributed by atoms with van der Waals surface area (Å²) in [5, 5.41) is 13.7. The van der Waals surface area contributed by atoms with Crippen LogP contribution in [0.5, 0.6) is 5.75 Å². The summed E-state index contributed by atoms with van der Waals surface area (Å²) in [4.78, 5) is 0. The SMILES string of the molecule is OC(CNCC1CCCCO1)COc1ccc(Cl)cc1. The van der Waals surface area contributed by atoms with E-state index >= 15 is 0 Å². The molecule has 1 saturated heterocycles. The molecule has 0 saturated carbocycles. The summed E-state index contributed by atoms with van der Waals surface area (Å²) in [7, 11) is 0. The second kappa shape index (κ2) is 8.47. The van der Waals surface area contributed by atoms with Crippen molar-refractivity contribution in [3.8, 4) is 5.75 Å². The van der Waals surface area contributed by atoms with Gasteiger partial charge in [0.25, 0.3) is 0 Å². The van der Waals surface area contributed by atoms with Gasteiger partial charge < -0.3 is 19.9 Å². The Bertz CT molecular complexity index is 379.